The van der Waals surface area contributed by atoms with Crippen molar-refractivity contribution in [2.24, 2.45) is 10.9 Å². The molecule has 0 saturated carbocycles. The van der Waals surface area contributed by atoms with Gasteiger partial charge in [-0.2, -0.15) is 0 Å². The number of anilines is 1. The summed E-state index contributed by atoms with van der Waals surface area (Å²) in [4.78, 5) is 11.7. The highest BCUT2D eigenvalue weighted by Gasteiger charge is 2.08. The van der Waals surface area contributed by atoms with E-state index in [1.807, 2.05) is 6.92 Å². The van der Waals surface area contributed by atoms with Crippen LogP contribution in [0.25, 0.3) is 0 Å². The normalized spacial score (nSPS) is 11.4. The van der Waals surface area contributed by atoms with Crippen LogP contribution in [-0.4, -0.2) is 43.9 Å². The van der Waals surface area contributed by atoms with Crippen molar-refractivity contribution in [2.45, 2.75) is 6.92 Å². The molecule has 4 N–H and O–H groups in total. The number of nitrogens with one attached hydrogen (secondary N) is 1. The maximum absolute atomic E-state index is 11.7. The molecule has 0 aliphatic heterocycles. The quantitative estimate of drug-likeness (QED) is 0.224. The fourth-order valence-electron chi connectivity index (χ4n) is 1.47. The van der Waals surface area contributed by atoms with E-state index in [1.165, 1.54) is 0 Å². The standard InChI is InChI=1S/C13H19N3O4/c1-9-3-4-10(13(14)16-18)7-11(9)15-12(17)8-20-6-5-19-2/h3-4,7,18H,5-6,8H2,1-2H3,(H2,14,16)(H,15,17). The lowest BCUT2D eigenvalue weighted by atomic mass is 10.1. The van der Waals surface area contributed by atoms with Crippen molar-refractivity contribution in [3.63, 3.8) is 0 Å². The average molecular weight is 281 g/mol. The molecule has 20 heavy (non-hydrogen) atoms. The predicted molar refractivity (Wildman–Crippen MR) is 75.0 cm³/mol. The molecule has 0 unspecified atom stereocenters. The molecule has 0 atom stereocenters. The fraction of sp³-hybridized carbons (Fsp3) is 0.385. The minimum atomic E-state index is -0.277. The van der Waals surface area contributed by atoms with Crippen LogP contribution in [0.3, 0.4) is 0 Å². The number of amidine groups is 1. The Bertz CT molecular complexity index is 489. The number of oxime groups is 1. The lowest BCUT2D eigenvalue weighted by molar-refractivity contribution is -0.121. The Morgan fingerprint density at radius 1 is 1.45 bits per heavy atom. The van der Waals surface area contributed by atoms with Crippen LogP contribution in [0.5, 0.6) is 0 Å². The van der Waals surface area contributed by atoms with E-state index in [0.717, 1.165) is 5.56 Å². The van der Waals surface area contributed by atoms with E-state index in [-0.39, 0.29) is 18.3 Å². The number of hydrogen-bond donors (Lipinski definition) is 3. The predicted octanol–water partition coefficient (Wildman–Crippen LogP) is 0.691. The Morgan fingerprint density at radius 3 is 2.85 bits per heavy atom. The minimum Gasteiger partial charge on any atom is -0.409 e. The zero-order valence-corrected chi connectivity index (χ0v) is 11.5. The summed E-state index contributed by atoms with van der Waals surface area (Å²) < 4.78 is 9.93. The van der Waals surface area contributed by atoms with Crippen LogP contribution < -0.4 is 11.1 Å². The van der Waals surface area contributed by atoms with Crippen LogP contribution in [0, 0.1) is 6.92 Å². The van der Waals surface area contributed by atoms with Crippen molar-refractivity contribution in [1.82, 2.24) is 0 Å². The smallest absolute Gasteiger partial charge is 0.250 e. The number of rotatable bonds is 7. The molecular formula is C13H19N3O4. The summed E-state index contributed by atoms with van der Waals surface area (Å²) in [6, 6.07) is 5.11. The molecule has 1 aromatic carbocycles. The molecular weight excluding hydrogens is 262 g/mol. The first-order valence-electron chi connectivity index (χ1n) is 6.03. The molecule has 0 spiro atoms. The third kappa shape index (κ3) is 4.87. The van der Waals surface area contributed by atoms with Gasteiger partial charge in [-0.3, -0.25) is 4.79 Å². The van der Waals surface area contributed by atoms with E-state index in [0.29, 0.717) is 24.5 Å². The van der Waals surface area contributed by atoms with E-state index in [9.17, 15) is 4.79 Å². The molecule has 110 valence electrons. The Labute approximate surface area is 117 Å². The molecule has 0 heterocycles. The Balaban J connectivity index is 2.64. The summed E-state index contributed by atoms with van der Waals surface area (Å²) in [5.41, 5.74) is 7.49. The zero-order chi connectivity index (χ0) is 15.0. The van der Waals surface area contributed by atoms with Gasteiger partial charge in [-0.05, 0) is 18.6 Å². The number of ether oxygens (including phenoxy) is 2. The van der Waals surface area contributed by atoms with Crippen molar-refractivity contribution in [3.05, 3.63) is 29.3 Å². The summed E-state index contributed by atoms with van der Waals surface area (Å²) in [6.07, 6.45) is 0. The Morgan fingerprint density at radius 2 is 2.20 bits per heavy atom. The van der Waals surface area contributed by atoms with Crippen molar-refractivity contribution in [3.8, 4) is 0 Å². The summed E-state index contributed by atoms with van der Waals surface area (Å²) in [7, 11) is 1.56. The maximum Gasteiger partial charge on any atom is 0.250 e. The highest BCUT2D eigenvalue weighted by molar-refractivity contribution is 5.99. The number of nitrogens with two attached hydrogens (primary N) is 1. The molecule has 0 aliphatic carbocycles. The molecule has 0 aliphatic rings. The number of carbonyl (C=O) groups is 1. The number of methoxy groups -OCH3 is 1. The van der Waals surface area contributed by atoms with Gasteiger partial charge < -0.3 is 25.7 Å². The first-order chi connectivity index (χ1) is 9.58. The number of aryl methyl sites for hydroxylation is 1. The highest BCUT2D eigenvalue weighted by atomic mass is 16.5. The van der Waals surface area contributed by atoms with Crippen molar-refractivity contribution in [1.29, 1.82) is 0 Å². The van der Waals surface area contributed by atoms with E-state index >= 15 is 0 Å². The molecule has 1 aromatic rings. The second-order valence-corrected chi connectivity index (χ2v) is 4.11. The van der Waals surface area contributed by atoms with Gasteiger partial charge in [0.1, 0.15) is 6.61 Å². The first kappa shape index (κ1) is 15.9. The van der Waals surface area contributed by atoms with E-state index < -0.39 is 0 Å². The number of amides is 1. The molecule has 0 radical (unpaired) electrons. The Kier molecular flexibility index (Phi) is 6.48. The van der Waals surface area contributed by atoms with Gasteiger partial charge in [0.2, 0.25) is 5.91 Å². The van der Waals surface area contributed by atoms with Crippen LogP contribution in [0.15, 0.2) is 23.4 Å². The van der Waals surface area contributed by atoms with Crippen LogP contribution in [0.2, 0.25) is 0 Å². The molecule has 0 aromatic heterocycles. The van der Waals surface area contributed by atoms with Crippen LogP contribution in [0.4, 0.5) is 5.69 Å². The second kappa shape index (κ2) is 8.13. The van der Waals surface area contributed by atoms with Crippen molar-refractivity contribution < 1.29 is 19.5 Å². The van der Waals surface area contributed by atoms with Crippen molar-refractivity contribution in [2.75, 3.05) is 32.2 Å². The van der Waals surface area contributed by atoms with Gasteiger partial charge in [0.15, 0.2) is 5.84 Å². The summed E-state index contributed by atoms with van der Waals surface area (Å²) in [5.74, 6) is -0.294. The van der Waals surface area contributed by atoms with Gasteiger partial charge in [0, 0.05) is 18.4 Å². The summed E-state index contributed by atoms with van der Waals surface area (Å²) in [5, 5.41) is 14.3. The van der Waals surface area contributed by atoms with E-state index in [1.54, 1.807) is 25.3 Å². The van der Waals surface area contributed by atoms with Gasteiger partial charge >= 0.3 is 0 Å². The molecule has 0 bridgehead atoms. The largest absolute Gasteiger partial charge is 0.409 e. The third-order valence-electron chi connectivity index (χ3n) is 2.58. The van der Waals surface area contributed by atoms with Crippen LogP contribution in [-0.2, 0) is 14.3 Å². The van der Waals surface area contributed by atoms with Gasteiger partial charge in [-0.1, -0.05) is 17.3 Å². The molecule has 1 amide bonds. The maximum atomic E-state index is 11.7. The summed E-state index contributed by atoms with van der Waals surface area (Å²) in [6.45, 7) is 2.58. The average Bonchev–Trinajstić information content (AvgIpc) is 2.45. The SMILES string of the molecule is COCCOCC(=O)Nc1cc(/C(N)=N/O)ccc1C. The third-order valence-corrected chi connectivity index (χ3v) is 2.58. The zero-order valence-electron chi connectivity index (χ0n) is 11.5. The van der Waals surface area contributed by atoms with Gasteiger partial charge in [0.05, 0.1) is 13.2 Å². The van der Waals surface area contributed by atoms with E-state index in [2.05, 4.69) is 10.5 Å². The Hall–Kier alpha value is -2.12. The van der Waals surface area contributed by atoms with Crippen LogP contribution >= 0.6 is 0 Å². The molecule has 0 saturated heterocycles. The lowest BCUT2D eigenvalue weighted by Crippen LogP contribution is -2.21. The monoisotopic (exact) mass is 281 g/mol. The number of hydrogen-bond acceptors (Lipinski definition) is 5. The first-order valence-corrected chi connectivity index (χ1v) is 6.03. The lowest BCUT2D eigenvalue weighted by Gasteiger charge is -2.10. The minimum absolute atomic E-state index is 0.0168. The number of carbonyl (C=O) groups excluding carboxylic acids is 1. The second-order valence-electron chi connectivity index (χ2n) is 4.11. The van der Waals surface area contributed by atoms with Crippen LogP contribution in [0.1, 0.15) is 11.1 Å². The molecule has 7 nitrogen and oxygen atoms in total. The topological polar surface area (TPSA) is 106 Å². The van der Waals surface area contributed by atoms with Gasteiger partial charge in [0.25, 0.3) is 0 Å². The molecule has 1 rings (SSSR count). The molecule has 0 fully saturated rings. The van der Waals surface area contributed by atoms with Gasteiger partial charge in [-0.25, -0.2) is 0 Å². The number of nitrogens with zero attached hydrogens (tertiary/aromatic N) is 1. The van der Waals surface area contributed by atoms with Gasteiger partial charge in [-0.15, -0.1) is 0 Å². The number of benzene rings is 1. The van der Waals surface area contributed by atoms with E-state index in [4.69, 9.17) is 20.4 Å². The fourth-order valence-corrected chi connectivity index (χ4v) is 1.47. The molecule has 7 heteroatoms. The van der Waals surface area contributed by atoms with Crippen molar-refractivity contribution >= 4 is 17.4 Å². The summed E-state index contributed by atoms with van der Waals surface area (Å²) >= 11 is 0. The highest BCUT2D eigenvalue weighted by Crippen LogP contribution is 2.16.